The molecule has 0 radical (unpaired) electrons. The third-order valence-electron chi connectivity index (χ3n) is 4.35. The summed E-state index contributed by atoms with van der Waals surface area (Å²) >= 11 is 0. The lowest BCUT2D eigenvalue weighted by Gasteiger charge is -2.39. The summed E-state index contributed by atoms with van der Waals surface area (Å²) in [6.07, 6.45) is 3.40. The second kappa shape index (κ2) is 4.91. The zero-order valence-electron chi connectivity index (χ0n) is 12.0. The van der Waals surface area contributed by atoms with Crippen LogP contribution in [0.5, 0.6) is 0 Å². The van der Waals surface area contributed by atoms with Gasteiger partial charge in [0.2, 0.25) is 0 Å². The van der Waals surface area contributed by atoms with Crippen LogP contribution in [-0.2, 0) is 14.3 Å². The summed E-state index contributed by atoms with van der Waals surface area (Å²) in [6.45, 7) is 7.60. The van der Waals surface area contributed by atoms with Gasteiger partial charge in [-0.05, 0) is 50.7 Å². The van der Waals surface area contributed by atoms with Gasteiger partial charge in [-0.2, -0.15) is 0 Å². The van der Waals surface area contributed by atoms with E-state index in [1.165, 1.54) is 0 Å². The minimum Gasteiger partial charge on any atom is -0.464 e. The fourth-order valence-corrected chi connectivity index (χ4v) is 3.61. The molecule has 1 aliphatic heterocycles. The molecule has 0 aromatic heterocycles. The molecule has 0 bridgehead atoms. The number of carbonyl (C=O) groups excluding carboxylic acids is 2. The van der Waals surface area contributed by atoms with Gasteiger partial charge < -0.3 is 4.74 Å². The summed E-state index contributed by atoms with van der Waals surface area (Å²) < 4.78 is 5.22. The Kier molecular flexibility index (Phi) is 3.61. The molecule has 104 valence electrons. The Balaban J connectivity index is 2.56. The molecule has 19 heavy (non-hydrogen) atoms. The van der Waals surface area contributed by atoms with E-state index in [0.717, 1.165) is 24.0 Å². The van der Waals surface area contributed by atoms with E-state index in [1.807, 2.05) is 13.8 Å². The lowest BCUT2D eigenvalue weighted by atomic mass is 9.66. The first-order valence-electron chi connectivity index (χ1n) is 6.88. The zero-order chi connectivity index (χ0) is 14.2. The first-order chi connectivity index (χ1) is 8.95. The molecule has 0 spiro atoms. The molecule has 1 aliphatic carbocycles. The van der Waals surface area contributed by atoms with Gasteiger partial charge in [-0.1, -0.05) is 6.92 Å². The van der Waals surface area contributed by atoms with Crippen molar-refractivity contribution in [2.24, 2.45) is 16.8 Å². The van der Waals surface area contributed by atoms with Crippen molar-refractivity contribution in [2.45, 2.75) is 46.1 Å². The number of hydrogen-bond donors (Lipinski definition) is 0. The van der Waals surface area contributed by atoms with Crippen molar-refractivity contribution in [1.29, 1.82) is 0 Å². The maximum Gasteiger partial charge on any atom is 0.338 e. The lowest BCUT2D eigenvalue weighted by molar-refractivity contribution is -0.150. The van der Waals surface area contributed by atoms with Gasteiger partial charge in [-0.3, -0.25) is 9.79 Å². The van der Waals surface area contributed by atoms with Gasteiger partial charge in [0, 0.05) is 12.1 Å². The highest BCUT2D eigenvalue weighted by molar-refractivity contribution is 5.99. The molecule has 3 atom stereocenters. The van der Waals surface area contributed by atoms with Crippen molar-refractivity contribution in [3.63, 3.8) is 0 Å². The Morgan fingerprint density at radius 2 is 2.21 bits per heavy atom. The highest BCUT2D eigenvalue weighted by atomic mass is 16.5. The maximum atomic E-state index is 12.4. The predicted octanol–water partition coefficient (Wildman–Crippen LogP) is 2.32. The molecule has 2 rings (SSSR count). The normalized spacial score (nSPS) is 33.3. The number of allylic oxidation sites excluding steroid dienone is 1. The Hall–Kier alpha value is -1.45. The first-order valence-corrected chi connectivity index (χ1v) is 6.88. The van der Waals surface area contributed by atoms with Gasteiger partial charge in [0.15, 0.2) is 11.3 Å². The number of hydrogen-bond acceptors (Lipinski definition) is 4. The SMILES string of the molecule is CCOC(=O)[C@@]12N=CC[C@@H]1C[C@@H](C)C(C(C)=O)=C2C. The number of ketones is 1. The van der Waals surface area contributed by atoms with Crippen LogP contribution in [0.1, 0.15) is 40.5 Å². The quantitative estimate of drug-likeness (QED) is 0.734. The second-order valence-corrected chi connectivity index (χ2v) is 5.46. The molecule has 0 amide bonds. The molecular weight excluding hydrogens is 242 g/mol. The number of carbonyl (C=O) groups is 2. The maximum absolute atomic E-state index is 12.4. The molecule has 0 unspecified atom stereocenters. The summed E-state index contributed by atoms with van der Waals surface area (Å²) in [4.78, 5) is 28.7. The van der Waals surface area contributed by atoms with Crippen LogP contribution < -0.4 is 0 Å². The average Bonchev–Trinajstić information content (AvgIpc) is 2.73. The summed E-state index contributed by atoms with van der Waals surface area (Å²) in [7, 11) is 0. The van der Waals surface area contributed by atoms with Crippen LogP contribution in [0.15, 0.2) is 16.1 Å². The van der Waals surface area contributed by atoms with Crippen molar-refractivity contribution in [3.05, 3.63) is 11.1 Å². The van der Waals surface area contributed by atoms with E-state index in [0.29, 0.717) is 6.61 Å². The van der Waals surface area contributed by atoms with Crippen LogP contribution in [0.2, 0.25) is 0 Å². The van der Waals surface area contributed by atoms with Gasteiger partial charge in [0.05, 0.1) is 6.61 Å². The number of aliphatic imine (C=N–C) groups is 1. The number of esters is 1. The Labute approximate surface area is 113 Å². The van der Waals surface area contributed by atoms with Gasteiger partial charge in [0.25, 0.3) is 0 Å². The molecule has 0 fully saturated rings. The molecule has 0 saturated heterocycles. The number of Topliss-reactive ketones (excluding diaryl/α,β-unsaturated/α-hetero) is 1. The Bertz CT molecular complexity index is 478. The lowest BCUT2D eigenvalue weighted by Crippen LogP contribution is -2.48. The van der Waals surface area contributed by atoms with Gasteiger partial charge in [-0.15, -0.1) is 0 Å². The third-order valence-corrected chi connectivity index (χ3v) is 4.35. The van der Waals surface area contributed by atoms with E-state index in [4.69, 9.17) is 4.74 Å². The molecule has 4 nitrogen and oxygen atoms in total. The van der Waals surface area contributed by atoms with Crippen LogP contribution in [0.4, 0.5) is 0 Å². The van der Waals surface area contributed by atoms with Crippen LogP contribution in [0.3, 0.4) is 0 Å². The van der Waals surface area contributed by atoms with Gasteiger partial charge in [-0.25, -0.2) is 4.79 Å². The van der Waals surface area contributed by atoms with Gasteiger partial charge in [0.1, 0.15) is 0 Å². The fraction of sp³-hybridized carbons (Fsp3) is 0.667. The topological polar surface area (TPSA) is 55.7 Å². The summed E-state index contributed by atoms with van der Waals surface area (Å²) in [5, 5.41) is 0. The number of rotatable bonds is 3. The van der Waals surface area contributed by atoms with Crippen molar-refractivity contribution in [3.8, 4) is 0 Å². The fourth-order valence-electron chi connectivity index (χ4n) is 3.61. The van der Waals surface area contributed by atoms with E-state index in [9.17, 15) is 9.59 Å². The number of nitrogens with zero attached hydrogens (tertiary/aromatic N) is 1. The molecule has 4 heteroatoms. The highest BCUT2D eigenvalue weighted by Gasteiger charge is 2.54. The van der Waals surface area contributed by atoms with Crippen LogP contribution in [-0.4, -0.2) is 30.1 Å². The summed E-state index contributed by atoms with van der Waals surface area (Å²) in [5.74, 6) is 0.0440. The average molecular weight is 263 g/mol. The predicted molar refractivity (Wildman–Crippen MR) is 73.1 cm³/mol. The summed E-state index contributed by atoms with van der Waals surface area (Å²) in [6, 6.07) is 0. The monoisotopic (exact) mass is 263 g/mol. The van der Waals surface area contributed by atoms with E-state index >= 15 is 0 Å². The zero-order valence-corrected chi connectivity index (χ0v) is 12.0. The molecular formula is C15H21NO3. The molecule has 0 aromatic rings. The standard InChI is InChI=1S/C15H21NO3/c1-5-19-14(18)15-10(3)13(11(4)17)9(2)8-12(15)6-7-16-15/h7,9,12H,5-6,8H2,1-4H3/t9-,12-,15+/m1/s1. The van der Waals surface area contributed by atoms with Crippen molar-refractivity contribution < 1.29 is 14.3 Å². The van der Waals surface area contributed by atoms with Crippen LogP contribution in [0.25, 0.3) is 0 Å². The van der Waals surface area contributed by atoms with E-state index < -0.39 is 5.54 Å². The van der Waals surface area contributed by atoms with Crippen LogP contribution >= 0.6 is 0 Å². The number of ether oxygens (including phenoxy) is 1. The van der Waals surface area contributed by atoms with Crippen molar-refractivity contribution in [1.82, 2.24) is 0 Å². The first kappa shape index (κ1) is 14.0. The third kappa shape index (κ3) is 1.94. The molecule has 0 N–H and O–H groups in total. The minimum atomic E-state index is -0.941. The molecule has 0 saturated carbocycles. The van der Waals surface area contributed by atoms with Crippen molar-refractivity contribution in [2.75, 3.05) is 6.61 Å². The van der Waals surface area contributed by atoms with E-state index in [-0.39, 0.29) is 23.6 Å². The minimum absolute atomic E-state index is 0.0363. The highest BCUT2D eigenvalue weighted by Crippen LogP contribution is 2.48. The van der Waals surface area contributed by atoms with Crippen molar-refractivity contribution >= 4 is 18.0 Å². The number of fused-ring (bicyclic) bond motifs is 1. The molecule has 0 aromatic carbocycles. The Morgan fingerprint density at radius 1 is 1.53 bits per heavy atom. The largest absolute Gasteiger partial charge is 0.464 e. The van der Waals surface area contributed by atoms with Crippen LogP contribution in [0, 0.1) is 11.8 Å². The summed E-state index contributed by atoms with van der Waals surface area (Å²) in [5.41, 5.74) is 0.600. The smallest absolute Gasteiger partial charge is 0.338 e. The van der Waals surface area contributed by atoms with E-state index in [2.05, 4.69) is 4.99 Å². The second-order valence-electron chi connectivity index (χ2n) is 5.46. The molecule has 1 heterocycles. The molecule has 2 aliphatic rings. The van der Waals surface area contributed by atoms with E-state index in [1.54, 1.807) is 20.1 Å². The van der Waals surface area contributed by atoms with Gasteiger partial charge >= 0.3 is 5.97 Å². The Morgan fingerprint density at radius 3 is 2.79 bits per heavy atom.